The van der Waals surface area contributed by atoms with Crippen LogP contribution >= 0.6 is 0 Å². The molecule has 0 bridgehead atoms. The van der Waals surface area contributed by atoms with Gasteiger partial charge >= 0.3 is 11.9 Å². The Labute approximate surface area is 87.8 Å². The van der Waals surface area contributed by atoms with Crippen molar-refractivity contribution in [2.45, 2.75) is 39.1 Å². The van der Waals surface area contributed by atoms with Gasteiger partial charge in [0.2, 0.25) is 0 Å². The predicted molar refractivity (Wildman–Crippen MR) is 49.9 cm³/mol. The van der Waals surface area contributed by atoms with Crippen molar-refractivity contribution >= 4 is 11.9 Å². The molecule has 0 aliphatic heterocycles. The maximum atomic E-state index is 10.9. The summed E-state index contributed by atoms with van der Waals surface area (Å²) in [6.45, 7) is 3.91. The van der Waals surface area contributed by atoms with E-state index in [1.807, 2.05) is 0 Å². The molecule has 0 aromatic rings. The molecule has 88 valence electrons. The molecule has 6 nitrogen and oxygen atoms in total. The highest BCUT2D eigenvalue weighted by Crippen LogP contribution is 1.97. The molecule has 15 heavy (non-hydrogen) atoms. The number of carbonyl (C=O) groups is 2. The minimum Gasteiger partial charge on any atom is -0.460 e. The van der Waals surface area contributed by atoms with Crippen LogP contribution in [0.5, 0.6) is 0 Å². The number of hydrogen-bond acceptors (Lipinski definition) is 6. The van der Waals surface area contributed by atoms with Crippen molar-refractivity contribution in [2.24, 2.45) is 0 Å². The van der Waals surface area contributed by atoms with Crippen LogP contribution in [0.25, 0.3) is 0 Å². The molecule has 0 aliphatic rings. The molecule has 0 saturated heterocycles. The van der Waals surface area contributed by atoms with E-state index in [0.29, 0.717) is 0 Å². The standard InChI is InChI=1S/C9H16O6/c1-5(15-9(13)7(3)11)4-14-8(12)6(2)10/h5-7,10-11H,4H2,1-3H3/t5?,6-,7-/m1/s1. The van der Waals surface area contributed by atoms with Gasteiger partial charge < -0.3 is 19.7 Å². The Hall–Kier alpha value is -1.14. The minimum atomic E-state index is -1.21. The summed E-state index contributed by atoms with van der Waals surface area (Å²) < 4.78 is 9.29. The number of carbonyl (C=O) groups excluding carboxylic acids is 2. The van der Waals surface area contributed by atoms with Gasteiger partial charge in [-0.3, -0.25) is 0 Å². The fraction of sp³-hybridized carbons (Fsp3) is 0.778. The highest BCUT2D eigenvalue weighted by atomic mass is 16.6. The van der Waals surface area contributed by atoms with Crippen LogP contribution in [0.3, 0.4) is 0 Å². The SMILES string of the molecule is CC(COC(=O)[C@@H](C)O)OC(=O)[C@@H](C)O. The van der Waals surface area contributed by atoms with Crippen molar-refractivity contribution in [1.82, 2.24) is 0 Å². The summed E-state index contributed by atoms with van der Waals surface area (Å²) in [6.07, 6.45) is -3.07. The van der Waals surface area contributed by atoms with Gasteiger partial charge in [-0.05, 0) is 20.8 Å². The highest BCUT2D eigenvalue weighted by Gasteiger charge is 2.17. The lowest BCUT2D eigenvalue weighted by Crippen LogP contribution is -2.29. The van der Waals surface area contributed by atoms with Gasteiger partial charge in [-0.15, -0.1) is 0 Å². The minimum absolute atomic E-state index is 0.151. The van der Waals surface area contributed by atoms with Crippen LogP contribution in [0, 0.1) is 0 Å². The van der Waals surface area contributed by atoms with Crippen LogP contribution in [-0.4, -0.2) is 47.1 Å². The van der Waals surface area contributed by atoms with E-state index in [-0.39, 0.29) is 6.61 Å². The summed E-state index contributed by atoms with van der Waals surface area (Å²) in [4.78, 5) is 21.7. The van der Waals surface area contributed by atoms with Crippen molar-refractivity contribution in [3.05, 3.63) is 0 Å². The molecular formula is C9H16O6. The monoisotopic (exact) mass is 220 g/mol. The Morgan fingerprint density at radius 2 is 1.53 bits per heavy atom. The van der Waals surface area contributed by atoms with Crippen molar-refractivity contribution in [3.63, 3.8) is 0 Å². The molecule has 0 rings (SSSR count). The van der Waals surface area contributed by atoms with Crippen molar-refractivity contribution in [3.8, 4) is 0 Å². The average Bonchev–Trinajstić information content (AvgIpc) is 2.13. The van der Waals surface area contributed by atoms with Gasteiger partial charge in [0.1, 0.15) is 24.9 Å². The number of ether oxygens (including phenoxy) is 2. The molecule has 0 aromatic heterocycles. The van der Waals surface area contributed by atoms with Crippen molar-refractivity contribution in [2.75, 3.05) is 6.61 Å². The fourth-order valence-electron chi connectivity index (χ4n) is 0.651. The second-order valence-electron chi connectivity index (χ2n) is 3.23. The quantitative estimate of drug-likeness (QED) is 0.590. The lowest BCUT2D eigenvalue weighted by atomic mass is 10.4. The zero-order valence-electron chi connectivity index (χ0n) is 8.97. The van der Waals surface area contributed by atoms with E-state index in [1.165, 1.54) is 20.8 Å². The molecule has 3 atom stereocenters. The smallest absolute Gasteiger partial charge is 0.335 e. The highest BCUT2D eigenvalue weighted by molar-refractivity contribution is 5.74. The molecule has 0 fully saturated rings. The van der Waals surface area contributed by atoms with Crippen molar-refractivity contribution in [1.29, 1.82) is 0 Å². The summed E-state index contributed by atoms with van der Waals surface area (Å²) in [5, 5.41) is 17.6. The van der Waals surface area contributed by atoms with E-state index in [1.54, 1.807) is 0 Å². The third-order valence-corrected chi connectivity index (χ3v) is 1.46. The molecule has 0 heterocycles. The molecule has 2 N–H and O–H groups in total. The Kier molecular flexibility index (Phi) is 5.88. The molecule has 6 heteroatoms. The first-order chi connectivity index (χ1) is 6.84. The Morgan fingerprint density at radius 1 is 1.07 bits per heavy atom. The zero-order valence-corrected chi connectivity index (χ0v) is 8.97. The summed E-state index contributed by atoms with van der Waals surface area (Å²) in [6, 6.07) is 0. The Balaban J connectivity index is 3.80. The average molecular weight is 220 g/mol. The molecular weight excluding hydrogens is 204 g/mol. The van der Waals surface area contributed by atoms with Crippen LogP contribution < -0.4 is 0 Å². The summed E-state index contributed by atoms with van der Waals surface area (Å²) in [5.41, 5.74) is 0. The normalized spacial score (nSPS) is 16.3. The number of rotatable bonds is 5. The molecule has 0 saturated carbocycles. The summed E-state index contributed by atoms with van der Waals surface area (Å²) in [5.74, 6) is -1.56. The van der Waals surface area contributed by atoms with Gasteiger partial charge in [0.05, 0.1) is 0 Å². The molecule has 1 unspecified atom stereocenters. The van der Waals surface area contributed by atoms with Crippen molar-refractivity contribution < 1.29 is 29.3 Å². The van der Waals surface area contributed by atoms with Crippen LogP contribution in [-0.2, 0) is 19.1 Å². The topological polar surface area (TPSA) is 93.1 Å². The predicted octanol–water partition coefficient (Wildman–Crippen LogP) is -0.777. The fourth-order valence-corrected chi connectivity index (χ4v) is 0.651. The second kappa shape index (κ2) is 6.36. The lowest BCUT2D eigenvalue weighted by molar-refractivity contribution is -0.167. The third kappa shape index (κ3) is 6.03. The van der Waals surface area contributed by atoms with Crippen LogP contribution in [0.1, 0.15) is 20.8 Å². The maximum Gasteiger partial charge on any atom is 0.335 e. The second-order valence-corrected chi connectivity index (χ2v) is 3.23. The first-order valence-corrected chi connectivity index (χ1v) is 4.57. The van der Waals surface area contributed by atoms with Gasteiger partial charge in [0.15, 0.2) is 0 Å². The van der Waals surface area contributed by atoms with Crippen LogP contribution in [0.15, 0.2) is 0 Å². The third-order valence-electron chi connectivity index (χ3n) is 1.46. The van der Waals surface area contributed by atoms with E-state index in [4.69, 9.17) is 14.9 Å². The summed E-state index contributed by atoms with van der Waals surface area (Å²) in [7, 11) is 0. The van der Waals surface area contributed by atoms with E-state index >= 15 is 0 Å². The Morgan fingerprint density at radius 3 is 1.93 bits per heavy atom. The number of hydrogen-bond donors (Lipinski definition) is 2. The van der Waals surface area contributed by atoms with Gasteiger partial charge in [0, 0.05) is 0 Å². The van der Waals surface area contributed by atoms with E-state index in [2.05, 4.69) is 4.74 Å². The van der Waals surface area contributed by atoms with Gasteiger partial charge in [0.25, 0.3) is 0 Å². The molecule has 0 aromatic carbocycles. The number of aliphatic hydroxyl groups excluding tert-OH is 2. The van der Waals surface area contributed by atoms with Crippen LogP contribution in [0.2, 0.25) is 0 Å². The van der Waals surface area contributed by atoms with E-state index < -0.39 is 30.3 Å². The maximum absolute atomic E-state index is 10.9. The van der Waals surface area contributed by atoms with E-state index in [0.717, 1.165) is 0 Å². The summed E-state index contributed by atoms with van der Waals surface area (Å²) >= 11 is 0. The molecule has 0 amide bonds. The van der Waals surface area contributed by atoms with Gasteiger partial charge in [-0.1, -0.05) is 0 Å². The van der Waals surface area contributed by atoms with E-state index in [9.17, 15) is 9.59 Å². The molecule has 0 aliphatic carbocycles. The zero-order chi connectivity index (χ0) is 12.0. The first-order valence-electron chi connectivity index (χ1n) is 4.57. The first kappa shape index (κ1) is 13.9. The van der Waals surface area contributed by atoms with Gasteiger partial charge in [-0.2, -0.15) is 0 Å². The number of aliphatic hydroxyl groups is 2. The number of esters is 2. The molecule has 0 spiro atoms. The lowest BCUT2D eigenvalue weighted by Gasteiger charge is -2.15. The van der Waals surface area contributed by atoms with Gasteiger partial charge in [-0.25, -0.2) is 9.59 Å². The molecule has 0 radical (unpaired) electrons. The Bertz CT molecular complexity index is 223. The largest absolute Gasteiger partial charge is 0.460 e. The van der Waals surface area contributed by atoms with Crippen LogP contribution in [0.4, 0.5) is 0 Å².